The van der Waals surface area contributed by atoms with E-state index < -0.39 is 5.97 Å². The van der Waals surface area contributed by atoms with Crippen LogP contribution in [-0.2, 0) is 11.3 Å². The predicted molar refractivity (Wildman–Crippen MR) is 93.3 cm³/mol. The zero-order valence-electron chi connectivity index (χ0n) is 13.7. The van der Waals surface area contributed by atoms with Crippen LogP contribution in [0.3, 0.4) is 0 Å². The highest BCUT2D eigenvalue weighted by Gasteiger charge is 2.15. The van der Waals surface area contributed by atoms with Gasteiger partial charge in [-0.2, -0.15) is 0 Å². The summed E-state index contributed by atoms with van der Waals surface area (Å²) in [6.07, 6.45) is 1.71. The average Bonchev–Trinajstić information content (AvgIpc) is 2.60. The van der Waals surface area contributed by atoms with Gasteiger partial charge in [-0.05, 0) is 36.8 Å². The van der Waals surface area contributed by atoms with Crippen molar-refractivity contribution in [3.8, 4) is 5.75 Å². The fourth-order valence-corrected chi connectivity index (χ4v) is 2.56. The van der Waals surface area contributed by atoms with Crippen molar-refractivity contribution in [1.82, 2.24) is 9.38 Å². The maximum absolute atomic E-state index is 12.3. The van der Waals surface area contributed by atoms with Crippen LogP contribution in [-0.4, -0.2) is 22.5 Å². The molecule has 0 saturated carbocycles. The van der Waals surface area contributed by atoms with E-state index in [0.29, 0.717) is 22.1 Å². The second kappa shape index (κ2) is 6.94. The number of ether oxygens (including phenoxy) is 2. The molecule has 0 saturated heterocycles. The lowest BCUT2D eigenvalue weighted by atomic mass is 10.2. The van der Waals surface area contributed by atoms with Crippen LogP contribution in [0.2, 0.25) is 5.02 Å². The normalized spacial score (nSPS) is 10.7. The first-order valence-electron chi connectivity index (χ1n) is 7.47. The Morgan fingerprint density at radius 2 is 2.04 bits per heavy atom. The second-order valence-electron chi connectivity index (χ2n) is 5.44. The van der Waals surface area contributed by atoms with E-state index in [-0.39, 0.29) is 17.7 Å². The smallest absolute Gasteiger partial charge is 0.342 e. The molecule has 0 aliphatic rings. The molecular weight excluding hydrogens is 344 g/mol. The van der Waals surface area contributed by atoms with Crippen molar-refractivity contribution in [3.63, 3.8) is 0 Å². The summed E-state index contributed by atoms with van der Waals surface area (Å²) >= 11 is 5.91. The third kappa shape index (κ3) is 3.64. The Balaban J connectivity index is 1.83. The van der Waals surface area contributed by atoms with Crippen molar-refractivity contribution < 1.29 is 14.3 Å². The highest BCUT2D eigenvalue weighted by Crippen LogP contribution is 2.23. The maximum Gasteiger partial charge on any atom is 0.342 e. The predicted octanol–water partition coefficient (Wildman–Crippen LogP) is 3.02. The first-order valence-corrected chi connectivity index (χ1v) is 7.85. The van der Waals surface area contributed by atoms with Gasteiger partial charge in [0.05, 0.1) is 12.8 Å². The summed E-state index contributed by atoms with van der Waals surface area (Å²) in [6.45, 7) is 1.76. The molecule has 25 heavy (non-hydrogen) atoms. The van der Waals surface area contributed by atoms with Crippen molar-refractivity contribution in [3.05, 3.63) is 74.8 Å². The number of rotatable bonds is 4. The van der Waals surface area contributed by atoms with Gasteiger partial charge in [0, 0.05) is 17.3 Å². The fourth-order valence-electron chi connectivity index (χ4n) is 2.39. The van der Waals surface area contributed by atoms with Gasteiger partial charge in [0.15, 0.2) is 0 Å². The SMILES string of the molecule is COc1ccc(Cl)cc1C(=O)OCc1cc(=O)n2cc(C)ccc2n1. The number of fused-ring (bicyclic) bond motifs is 1. The minimum absolute atomic E-state index is 0.131. The molecule has 1 aromatic carbocycles. The lowest BCUT2D eigenvalue weighted by Gasteiger charge is -2.09. The number of aromatic nitrogens is 2. The maximum atomic E-state index is 12.3. The molecule has 2 aromatic heterocycles. The van der Waals surface area contributed by atoms with E-state index in [0.717, 1.165) is 5.56 Å². The number of methoxy groups -OCH3 is 1. The topological polar surface area (TPSA) is 69.9 Å². The first-order chi connectivity index (χ1) is 12.0. The second-order valence-corrected chi connectivity index (χ2v) is 5.88. The molecule has 0 unspecified atom stereocenters. The minimum Gasteiger partial charge on any atom is -0.496 e. The number of nitrogens with zero attached hydrogens (tertiary/aromatic N) is 2. The van der Waals surface area contributed by atoms with E-state index in [4.69, 9.17) is 21.1 Å². The van der Waals surface area contributed by atoms with Gasteiger partial charge in [-0.15, -0.1) is 0 Å². The summed E-state index contributed by atoms with van der Waals surface area (Å²) < 4.78 is 11.8. The van der Waals surface area contributed by atoms with E-state index in [9.17, 15) is 9.59 Å². The molecule has 0 N–H and O–H groups in total. The third-order valence-corrected chi connectivity index (χ3v) is 3.83. The van der Waals surface area contributed by atoms with Gasteiger partial charge in [-0.1, -0.05) is 17.7 Å². The number of carbonyl (C=O) groups excluding carboxylic acids is 1. The first kappa shape index (κ1) is 17.0. The van der Waals surface area contributed by atoms with Gasteiger partial charge in [0.25, 0.3) is 5.56 Å². The molecule has 0 aliphatic heterocycles. The Bertz CT molecular complexity index is 1010. The Labute approximate surface area is 148 Å². The molecule has 0 radical (unpaired) electrons. The molecule has 0 atom stereocenters. The van der Waals surface area contributed by atoms with Crippen LogP contribution in [0.4, 0.5) is 0 Å². The van der Waals surface area contributed by atoms with Gasteiger partial charge in [0.2, 0.25) is 0 Å². The number of esters is 1. The molecule has 2 heterocycles. The third-order valence-electron chi connectivity index (χ3n) is 3.59. The summed E-state index contributed by atoms with van der Waals surface area (Å²) in [6, 6.07) is 9.60. The summed E-state index contributed by atoms with van der Waals surface area (Å²) in [5.74, 6) is -0.248. The van der Waals surface area contributed by atoms with E-state index in [1.54, 1.807) is 24.4 Å². The largest absolute Gasteiger partial charge is 0.496 e. The van der Waals surface area contributed by atoms with Crippen molar-refractivity contribution in [2.24, 2.45) is 0 Å². The standard InChI is InChI=1S/C18H15ClN2O4/c1-11-3-6-16-20-13(8-17(22)21(16)9-11)10-25-18(23)14-7-12(19)4-5-15(14)24-2/h3-9H,10H2,1-2H3. The number of benzene rings is 1. The molecule has 0 amide bonds. The lowest BCUT2D eigenvalue weighted by Crippen LogP contribution is -2.17. The molecule has 0 fully saturated rings. The summed E-state index contributed by atoms with van der Waals surface area (Å²) in [5.41, 5.74) is 1.78. The van der Waals surface area contributed by atoms with Gasteiger partial charge >= 0.3 is 5.97 Å². The van der Waals surface area contributed by atoms with Crippen molar-refractivity contribution in [1.29, 1.82) is 0 Å². The van der Waals surface area contributed by atoms with Gasteiger partial charge < -0.3 is 9.47 Å². The zero-order chi connectivity index (χ0) is 18.0. The molecule has 6 nitrogen and oxygen atoms in total. The van der Waals surface area contributed by atoms with E-state index in [1.165, 1.54) is 23.6 Å². The molecule has 0 spiro atoms. The average molecular weight is 359 g/mol. The number of carbonyl (C=O) groups is 1. The van der Waals surface area contributed by atoms with E-state index >= 15 is 0 Å². The van der Waals surface area contributed by atoms with Crippen LogP contribution in [0.5, 0.6) is 5.75 Å². The van der Waals surface area contributed by atoms with E-state index in [2.05, 4.69) is 4.98 Å². The molecular formula is C18H15ClN2O4. The van der Waals surface area contributed by atoms with Crippen molar-refractivity contribution in [2.75, 3.05) is 7.11 Å². The zero-order valence-corrected chi connectivity index (χ0v) is 14.4. The van der Waals surface area contributed by atoms with Crippen LogP contribution in [0.15, 0.2) is 47.4 Å². The highest BCUT2D eigenvalue weighted by atomic mass is 35.5. The Kier molecular flexibility index (Phi) is 4.72. The Morgan fingerprint density at radius 3 is 2.80 bits per heavy atom. The van der Waals surface area contributed by atoms with Crippen LogP contribution in [0.25, 0.3) is 5.65 Å². The quantitative estimate of drug-likeness (QED) is 0.670. The summed E-state index contributed by atoms with van der Waals surface area (Å²) in [5, 5.41) is 0.394. The number of pyridine rings is 1. The monoisotopic (exact) mass is 358 g/mol. The van der Waals surface area contributed by atoms with E-state index in [1.807, 2.05) is 13.0 Å². The van der Waals surface area contributed by atoms with Crippen molar-refractivity contribution >= 4 is 23.2 Å². The van der Waals surface area contributed by atoms with Gasteiger partial charge in [-0.3, -0.25) is 9.20 Å². The summed E-state index contributed by atoms with van der Waals surface area (Å²) in [4.78, 5) is 28.8. The molecule has 3 rings (SSSR count). The number of halogens is 1. The van der Waals surface area contributed by atoms with Crippen molar-refractivity contribution in [2.45, 2.75) is 13.5 Å². The summed E-state index contributed by atoms with van der Waals surface area (Å²) in [7, 11) is 1.45. The number of hydrogen-bond donors (Lipinski definition) is 0. The molecule has 0 aliphatic carbocycles. The van der Waals surface area contributed by atoms with Crippen LogP contribution >= 0.6 is 11.6 Å². The van der Waals surface area contributed by atoms with Gasteiger partial charge in [0.1, 0.15) is 23.6 Å². The number of aryl methyl sites for hydroxylation is 1. The van der Waals surface area contributed by atoms with Gasteiger partial charge in [-0.25, -0.2) is 9.78 Å². The number of hydrogen-bond acceptors (Lipinski definition) is 5. The Morgan fingerprint density at radius 1 is 1.24 bits per heavy atom. The van der Waals surface area contributed by atoms with Crippen LogP contribution in [0, 0.1) is 6.92 Å². The Hall–Kier alpha value is -2.86. The minimum atomic E-state index is -0.606. The molecule has 0 bridgehead atoms. The fraction of sp³-hybridized carbons (Fsp3) is 0.167. The van der Waals surface area contributed by atoms with Crippen LogP contribution < -0.4 is 10.3 Å². The molecule has 7 heteroatoms. The highest BCUT2D eigenvalue weighted by molar-refractivity contribution is 6.31. The lowest BCUT2D eigenvalue weighted by molar-refractivity contribution is 0.0464. The molecule has 3 aromatic rings. The van der Waals surface area contributed by atoms with Crippen LogP contribution in [0.1, 0.15) is 21.6 Å². The molecule has 128 valence electrons.